The lowest BCUT2D eigenvalue weighted by Crippen LogP contribution is -2.51. The lowest BCUT2D eigenvalue weighted by Gasteiger charge is -2.46. The highest BCUT2D eigenvalue weighted by Crippen LogP contribution is 2.45. The number of hydrogen-bond acceptors (Lipinski definition) is 5. The van der Waals surface area contributed by atoms with Gasteiger partial charge in [0.05, 0.1) is 6.61 Å². The number of aryl methyl sites for hydroxylation is 1. The van der Waals surface area contributed by atoms with Gasteiger partial charge in [0.15, 0.2) is 0 Å². The van der Waals surface area contributed by atoms with Crippen LogP contribution in [0.5, 0.6) is 0 Å². The summed E-state index contributed by atoms with van der Waals surface area (Å²) in [6, 6.07) is 0.895. The zero-order valence-corrected chi connectivity index (χ0v) is 24.8. The van der Waals surface area contributed by atoms with E-state index in [1.54, 1.807) is 6.92 Å². The summed E-state index contributed by atoms with van der Waals surface area (Å²) in [7, 11) is 0. The number of alkyl carbamates (subject to hydrolysis) is 1. The molecule has 1 heterocycles. The molecule has 1 aliphatic rings. The lowest BCUT2D eigenvalue weighted by molar-refractivity contribution is 0.0658. The Bertz CT molecular complexity index is 978. The van der Waals surface area contributed by atoms with Crippen molar-refractivity contribution >= 4 is 18.1 Å². The zero-order chi connectivity index (χ0) is 28.5. The second-order valence-electron chi connectivity index (χ2n) is 12.7. The van der Waals surface area contributed by atoms with Crippen molar-refractivity contribution in [2.75, 3.05) is 18.5 Å². The van der Waals surface area contributed by atoms with Crippen molar-refractivity contribution in [1.29, 1.82) is 0 Å². The van der Waals surface area contributed by atoms with Crippen molar-refractivity contribution in [2.24, 2.45) is 28.6 Å². The first-order valence-electron chi connectivity index (χ1n) is 14.3. The number of rotatable bonds is 12. The molecule has 5 unspecified atom stereocenters. The van der Waals surface area contributed by atoms with Crippen LogP contribution in [0.2, 0.25) is 0 Å². The maximum absolute atomic E-state index is 12.7. The minimum atomic E-state index is -0.430. The van der Waals surface area contributed by atoms with Crippen LogP contribution in [0.15, 0.2) is 10.9 Å². The van der Waals surface area contributed by atoms with Crippen LogP contribution in [-0.2, 0) is 4.74 Å². The summed E-state index contributed by atoms with van der Waals surface area (Å²) in [6.07, 6.45) is 6.47. The number of nitrogens with one attached hydrogen (secondary N) is 4. The topological polar surface area (TPSA) is 125 Å². The fraction of sp³-hybridized carbons (Fsp3) is 0.793. The van der Waals surface area contributed by atoms with Gasteiger partial charge in [-0.15, -0.1) is 0 Å². The second kappa shape index (κ2) is 14.0. The quantitative estimate of drug-likeness (QED) is 0.262. The Balaban J connectivity index is 1.85. The molecule has 0 aliphatic heterocycles. The summed E-state index contributed by atoms with van der Waals surface area (Å²) in [6.45, 7) is 18.2. The van der Waals surface area contributed by atoms with Gasteiger partial charge < -0.3 is 15.4 Å². The molecular formula is C29H51N5O4. The predicted molar refractivity (Wildman–Crippen MR) is 152 cm³/mol. The molecule has 1 saturated carbocycles. The van der Waals surface area contributed by atoms with Gasteiger partial charge in [-0.25, -0.2) is 14.6 Å². The van der Waals surface area contributed by atoms with Crippen LogP contribution in [0.25, 0.3) is 0 Å². The number of aromatic nitrogens is 2. The summed E-state index contributed by atoms with van der Waals surface area (Å²) in [5.74, 6) is 2.06. The maximum atomic E-state index is 12.7. The van der Waals surface area contributed by atoms with Gasteiger partial charge in [0, 0.05) is 24.3 Å². The number of carbonyl (C=O) groups excluding carboxylic acids is 2. The number of carbonyl (C=O) groups is 2. The summed E-state index contributed by atoms with van der Waals surface area (Å²) in [5.41, 5.74) is -0.0207. The molecule has 1 aromatic heterocycles. The third kappa shape index (κ3) is 10.7. The SMILES string of the molecule is CCC(CCOC(=O)NC1CC(C)(C)CC(C)(CNC(=O)Nc2nc(C)cc(=O)[nH]2)C1)CC(C)C(C)CC. The fourth-order valence-corrected chi connectivity index (χ4v) is 6.13. The molecule has 0 aromatic carbocycles. The second-order valence-corrected chi connectivity index (χ2v) is 12.7. The van der Waals surface area contributed by atoms with Gasteiger partial charge in [-0.3, -0.25) is 15.1 Å². The monoisotopic (exact) mass is 533 g/mol. The van der Waals surface area contributed by atoms with Gasteiger partial charge in [0.25, 0.3) is 5.56 Å². The molecule has 0 spiro atoms. The van der Waals surface area contributed by atoms with E-state index in [0.29, 0.717) is 36.6 Å². The van der Waals surface area contributed by atoms with Crippen LogP contribution in [0, 0.1) is 35.5 Å². The first kappa shape index (κ1) is 31.6. The molecule has 0 radical (unpaired) electrons. The molecule has 2 rings (SSSR count). The average molecular weight is 534 g/mol. The number of anilines is 1. The van der Waals surface area contributed by atoms with Crippen LogP contribution in [0.1, 0.15) is 99.1 Å². The molecule has 3 amide bonds. The summed E-state index contributed by atoms with van der Waals surface area (Å²) < 4.78 is 5.60. The third-order valence-corrected chi connectivity index (χ3v) is 8.20. The number of nitrogens with zero attached hydrogens (tertiary/aromatic N) is 1. The largest absolute Gasteiger partial charge is 0.450 e. The van der Waals surface area contributed by atoms with Gasteiger partial charge in [-0.05, 0) is 67.6 Å². The van der Waals surface area contributed by atoms with E-state index in [0.717, 1.165) is 32.1 Å². The molecule has 0 bridgehead atoms. The maximum Gasteiger partial charge on any atom is 0.407 e. The summed E-state index contributed by atoms with van der Waals surface area (Å²) >= 11 is 0. The molecule has 1 aromatic rings. The van der Waals surface area contributed by atoms with Crippen LogP contribution in [0.3, 0.4) is 0 Å². The molecule has 38 heavy (non-hydrogen) atoms. The first-order valence-corrected chi connectivity index (χ1v) is 14.3. The summed E-state index contributed by atoms with van der Waals surface area (Å²) in [4.78, 5) is 43.4. The highest BCUT2D eigenvalue weighted by molar-refractivity contribution is 5.87. The van der Waals surface area contributed by atoms with Crippen molar-refractivity contribution in [3.8, 4) is 0 Å². The molecule has 9 heteroatoms. The highest BCUT2D eigenvalue weighted by atomic mass is 16.5. The molecular weight excluding hydrogens is 482 g/mol. The first-order chi connectivity index (χ1) is 17.7. The third-order valence-electron chi connectivity index (χ3n) is 8.20. The smallest absolute Gasteiger partial charge is 0.407 e. The van der Waals surface area contributed by atoms with E-state index in [9.17, 15) is 14.4 Å². The average Bonchev–Trinajstić information content (AvgIpc) is 2.79. The number of hydrogen-bond donors (Lipinski definition) is 4. The Morgan fingerprint density at radius 1 is 1.16 bits per heavy atom. The van der Waals surface area contributed by atoms with Crippen LogP contribution in [-0.4, -0.2) is 41.3 Å². The standard InChI is InChI=1S/C29H51N5O4/c1-9-19(3)20(4)13-22(10-2)11-12-38-27(37)32-23-15-28(6,7)17-29(8,16-23)18-30-26(36)34-25-31-21(5)14-24(35)33-25/h14,19-20,22-23H,9-13,15-18H2,1-8H3,(H,32,37)(H3,30,31,33,34,35,36). The Labute approximate surface area is 228 Å². The number of urea groups is 1. The van der Waals surface area contributed by atoms with E-state index in [1.165, 1.54) is 18.9 Å². The van der Waals surface area contributed by atoms with Crippen LogP contribution >= 0.6 is 0 Å². The Morgan fingerprint density at radius 3 is 2.50 bits per heavy atom. The molecule has 5 atom stereocenters. The van der Waals surface area contributed by atoms with E-state index in [1.807, 2.05) is 0 Å². The fourth-order valence-electron chi connectivity index (χ4n) is 6.13. The van der Waals surface area contributed by atoms with Gasteiger partial charge in [0.1, 0.15) is 0 Å². The molecule has 216 valence electrons. The molecule has 9 nitrogen and oxygen atoms in total. The molecule has 1 aliphatic carbocycles. The minimum Gasteiger partial charge on any atom is -0.450 e. The van der Waals surface area contributed by atoms with E-state index in [2.05, 4.69) is 74.4 Å². The number of H-pyrrole nitrogens is 1. The molecule has 1 fully saturated rings. The van der Waals surface area contributed by atoms with E-state index >= 15 is 0 Å². The van der Waals surface area contributed by atoms with Gasteiger partial charge in [-0.2, -0.15) is 0 Å². The van der Waals surface area contributed by atoms with Crippen molar-refractivity contribution in [3.05, 3.63) is 22.1 Å². The lowest BCUT2D eigenvalue weighted by atomic mass is 9.62. The van der Waals surface area contributed by atoms with Gasteiger partial charge in [0.2, 0.25) is 5.95 Å². The molecule has 4 N–H and O–H groups in total. The van der Waals surface area contributed by atoms with Gasteiger partial charge >= 0.3 is 12.1 Å². The van der Waals surface area contributed by atoms with E-state index in [-0.39, 0.29) is 34.5 Å². The van der Waals surface area contributed by atoms with Crippen molar-refractivity contribution in [1.82, 2.24) is 20.6 Å². The molecule has 0 saturated heterocycles. The van der Waals surface area contributed by atoms with Crippen molar-refractivity contribution in [2.45, 2.75) is 106 Å². The van der Waals surface area contributed by atoms with Crippen molar-refractivity contribution in [3.63, 3.8) is 0 Å². The minimum absolute atomic E-state index is 0.00808. The van der Waals surface area contributed by atoms with Crippen LogP contribution in [0.4, 0.5) is 15.5 Å². The van der Waals surface area contributed by atoms with Gasteiger partial charge in [-0.1, -0.05) is 61.3 Å². The van der Waals surface area contributed by atoms with E-state index in [4.69, 9.17) is 4.74 Å². The highest BCUT2D eigenvalue weighted by Gasteiger charge is 2.42. The predicted octanol–water partition coefficient (Wildman–Crippen LogP) is 6.00. The summed E-state index contributed by atoms with van der Waals surface area (Å²) in [5, 5.41) is 8.60. The normalized spacial score (nSPS) is 23.1. The number of ether oxygens (including phenoxy) is 1. The zero-order valence-electron chi connectivity index (χ0n) is 24.8. The van der Waals surface area contributed by atoms with E-state index < -0.39 is 6.03 Å². The van der Waals surface area contributed by atoms with Crippen LogP contribution < -0.4 is 21.5 Å². The Hall–Kier alpha value is -2.58. The Kier molecular flexibility index (Phi) is 11.6. The van der Waals surface area contributed by atoms with Crippen molar-refractivity contribution < 1.29 is 14.3 Å². The Morgan fingerprint density at radius 2 is 1.87 bits per heavy atom. The number of amides is 3. The number of aromatic amines is 1.